The minimum atomic E-state index is -0.891. The van der Waals surface area contributed by atoms with E-state index in [0.29, 0.717) is 5.69 Å². The molecule has 0 radical (unpaired) electrons. The van der Waals surface area contributed by atoms with Crippen molar-refractivity contribution in [2.45, 2.75) is 26.7 Å². The van der Waals surface area contributed by atoms with E-state index in [1.54, 1.807) is 13.8 Å². The molecule has 1 rings (SSSR count). The van der Waals surface area contributed by atoms with Crippen molar-refractivity contribution in [1.29, 1.82) is 0 Å². The molecule has 20 heavy (non-hydrogen) atoms. The van der Waals surface area contributed by atoms with Crippen molar-refractivity contribution in [3.63, 3.8) is 0 Å². The molecule has 5 heteroatoms. The van der Waals surface area contributed by atoms with Gasteiger partial charge in [0, 0.05) is 31.9 Å². The molecule has 0 saturated carbocycles. The van der Waals surface area contributed by atoms with E-state index < -0.39 is 11.4 Å². The van der Waals surface area contributed by atoms with Crippen LogP contribution in [0.1, 0.15) is 26.7 Å². The number of carbonyl (C=O) groups is 2. The molecule has 0 heterocycles. The van der Waals surface area contributed by atoms with Crippen molar-refractivity contribution in [2.75, 3.05) is 24.3 Å². The zero-order valence-corrected chi connectivity index (χ0v) is 12.4. The Hall–Kier alpha value is -2.04. The van der Waals surface area contributed by atoms with E-state index in [-0.39, 0.29) is 18.7 Å². The number of nitrogens with one attached hydrogen (secondary N) is 1. The topological polar surface area (TPSA) is 69.6 Å². The summed E-state index contributed by atoms with van der Waals surface area (Å²) in [7, 11) is 3.85. The number of hydrogen-bond donors (Lipinski definition) is 2. The van der Waals surface area contributed by atoms with Crippen LogP contribution < -0.4 is 10.2 Å². The molecule has 0 aliphatic heterocycles. The first-order valence-corrected chi connectivity index (χ1v) is 6.49. The molecule has 5 nitrogen and oxygen atoms in total. The Bertz CT molecular complexity index is 496. The van der Waals surface area contributed by atoms with Crippen molar-refractivity contribution in [3.05, 3.63) is 24.3 Å². The molecule has 0 aromatic heterocycles. The minimum Gasteiger partial charge on any atom is -0.481 e. The fraction of sp³-hybridized carbons (Fsp3) is 0.467. The molecule has 0 aliphatic carbocycles. The third-order valence-electron chi connectivity index (χ3n) is 2.92. The molecule has 2 N–H and O–H groups in total. The van der Waals surface area contributed by atoms with Gasteiger partial charge in [-0.3, -0.25) is 9.59 Å². The van der Waals surface area contributed by atoms with Crippen LogP contribution in [0.2, 0.25) is 0 Å². The molecule has 0 atom stereocenters. The highest BCUT2D eigenvalue weighted by Crippen LogP contribution is 2.26. The van der Waals surface area contributed by atoms with Crippen LogP contribution in [-0.4, -0.2) is 31.1 Å². The van der Waals surface area contributed by atoms with Crippen LogP contribution in [0, 0.1) is 5.41 Å². The lowest BCUT2D eigenvalue weighted by molar-refractivity contribution is -0.139. The van der Waals surface area contributed by atoms with Gasteiger partial charge in [-0.2, -0.15) is 0 Å². The van der Waals surface area contributed by atoms with Gasteiger partial charge in [-0.1, -0.05) is 19.9 Å². The highest BCUT2D eigenvalue weighted by atomic mass is 16.4. The molecule has 1 aromatic rings. The maximum absolute atomic E-state index is 12.0. The maximum atomic E-state index is 12.0. The summed E-state index contributed by atoms with van der Waals surface area (Å²) in [5.74, 6) is -1.07. The van der Waals surface area contributed by atoms with Gasteiger partial charge in [0.05, 0.1) is 6.42 Å². The molecule has 110 valence electrons. The number of hydrogen-bond acceptors (Lipinski definition) is 3. The van der Waals surface area contributed by atoms with E-state index in [0.717, 1.165) is 5.69 Å². The minimum absolute atomic E-state index is 0.0296. The Morgan fingerprint density at radius 2 is 1.90 bits per heavy atom. The van der Waals surface area contributed by atoms with E-state index in [2.05, 4.69) is 5.32 Å². The number of carboxylic acid groups (broad SMARTS) is 1. The number of nitrogens with zero attached hydrogens (tertiary/aromatic N) is 1. The SMILES string of the molecule is CN(C)c1cccc(NC(=O)CC(C)(C)CC(=O)O)c1. The number of carbonyl (C=O) groups excluding carboxylic acids is 1. The van der Waals surface area contributed by atoms with Gasteiger partial charge in [0.2, 0.25) is 5.91 Å². The molecule has 0 unspecified atom stereocenters. The van der Waals surface area contributed by atoms with Gasteiger partial charge in [0.25, 0.3) is 0 Å². The molecule has 1 aromatic carbocycles. The summed E-state index contributed by atoms with van der Waals surface area (Å²) in [6.07, 6.45) is 0.143. The summed E-state index contributed by atoms with van der Waals surface area (Å²) in [5.41, 5.74) is 1.15. The smallest absolute Gasteiger partial charge is 0.303 e. The lowest BCUT2D eigenvalue weighted by Gasteiger charge is -2.21. The van der Waals surface area contributed by atoms with Gasteiger partial charge in [0.1, 0.15) is 0 Å². The number of aliphatic carboxylic acids is 1. The third-order valence-corrected chi connectivity index (χ3v) is 2.92. The Balaban J connectivity index is 2.67. The lowest BCUT2D eigenvalue weighted by Crippen LogP contribution is -2.24. The van der Waals surface area contributed by atoms with E-state index in [1.807, 2.05) is 43.3 Å². The monoisotopic (exact) mass is 278 g/mol. The standard InChI is InChI=1S/C15H22N2O3/c1-15(2,10-14(19)20)9-13(18)16-11-6-5-7-12(8-11)17(3)4/h5-8H,9-10H2,1-4H3,(H,16,18)(H,19,20). The summed E-state index contributed by atoms with van der Waals surface area (Å²) in [6.45, 7) is 3.55. The molecular weight excluding hydrogens is 256 g/mol. The van der Waals surface area contributed by atoms with Crippen molar-refractivity contribution < 1.29 is 14.7 Å². The number of carboxylic acids is 1. The highest BCUT2D eigenvalue weighted by Gasteiger charge is 2.25. The predicted octanol–water partition coefficient (Wildman–Crippen LogP) is 2.58. The van der Waals surface area contributed by atoms with Crippen LogP contribution in [0.4, 0.5) is 11.4 Å². The second-order valence-corrected chi connectivity index (χ2v) is 5.90. The summed E-state index contributed by atoms with van der Waals surface area (Å²) in [5, 5.41) is 11.6. The average molecular weight is 278 g/mol. The fourth-order valence-corrected chi connectivity index (χ4v) is 1.97. The number of anilines is 2. The Morgan fingerprint density at radius 1 is 1.25 bits per heavy atom. The van der Waals surface area contributed by atoms with Crippen LogP contribution in [0.15, 0.2) is 24.3 Å². The first-order chi connectivity index (χ1) is 9.19. The first-order valence-electron chi connectivity index (χ1n) is 6.49. The summed E-state index contributed by atoms with van der Waals surface area (Å²) in [4.78, 5) is 24.7. The molecule has 1 amide bonds. The molecule has 0 fully saturated rings. The van der Waals surface area contributed by atoms with Crippen molar-refractivity contribution in [1.82, 2.24) is 0 Å². The molecule has 0 saturated heterocycles. The van der Waals surface area contributed by atoms with Gasteiger partial charge < -0.3 is 15.3 Å². The van der Waals surface area contributed by atoms with Crippen LogP contribution in [0.3, 0.4) is 0 Å². The quantitative estimate of drug-likeness (QED) is 0.839. The van der Waals surface area contributed by atoms with E-state index >= 15 is 0 Å². The van der Waals surface area contributed by atoms with Crippen LogP contribution in [0.25, 0.3) is 0 Å². The number of amides is 1. The van der Waals surface area contributed by atoms with Gasteiger partial charge in [0.15, 0.2) is 0 Å². The zero-order valence-electron chi connectivity index (χ0n) is 12.4. The lowest BCUT2D eigenvalue weighted by atomic mass is 9.85. The Labute approximate surface area is 119 Å². The van der Waals surface area contributed by atoms with Gasteiger partial charge >= 0.3 is 5.97 Å². The fourth-order valence-electron chi connectivity index (χ4n) is 1.97. The molecule has 0 aliphatic rings. The van der Waals surface area contributed by atoms with E-state index in [1.165, 1.54) is 0 Å². The Kier molecular flexibility index (Phi) is 5.13. The van der Waals surface area contributed by atoms with E-state index in [4.69, 9.17) is 5.11 Å². The van der Waals surface area contributed by atoms with Gasteiger partial charge in [-0.25, -0.2) is 0 Å². The summed E-state index contributed by atoms with van der Waals surface area (Å²) < 4.78 is 0. The van der Waals surface area contributed by atoms with E-state index in [9.17, 15) is 9.59 Å². The average Bonchev–Trinajstić information content (AvgIpc) is 2.25. The zero-order chi connectivity index (χ0) is 15.3. The van der Waals surface area contributed by atoms with Crippen molar-refractivity contribution >= 4 is 23.3 Å². The number of benzene rings is 1. The second-order valence-electron chi connectivity index (χ2n) is 5.90. The normalized spacial score (nSPS) is 11.0. The summed E-state index contributed by atoms with van der Waals surface area (Å²) >= 11 is 0. The van der Waals surface area contributed by atoms with Crippen molar-refractivity contribution in [3.8, 4) is 0 Å². The maximum Gasteiger partial charge on any atom is 0.303 e. The van der Waals surface area contributed by atoms with Gasteiger partial charge in [-0.15, -0.1) is 0 Å². The second kappa shape index (κ2) is 6.41. The largest absolute Gasteiger partial charge is 0.481 e. The third kappa shape index (κ3) is 5.30. The highest BCUT2D eigenvalue weighted by molar-refractivity contribution is 5.92. The predicted molar refractivity (Wildman–Crippen MR) is 80.0 cm³/mol. The van der Waals surface area contributed by atoms with Crippen LogP contribution >= 0.6 is 0 Å². The van der Waals surface area contributed by atoms with Crippen molar-refractivity contribution in [2.24, 2.45) is 5.41 Å². The van der Waals surface area contributed by atoms with Crippen LogP contribution in [-0.2, 0) is 9.59 Å². The molecule has 0 bridgehead atoms. The number of rotatable bonds is 6. The van der Waals surface area contributed by atoms with Crippen LogP contribution in [0.5, 0.6) is 0 Å². The first kappa shape index (κ1) is 16.0. The molecule has 0 spiro atoms. The Morgan fingerprint density at radius 3 is 2.45 bits per heavy atom. The molecular formula is C15H22N2O3. The summed E-state index contributed by atoms with van der Waals surface area (Å²) in [6, 6.07) is 7.51. The van der Waals surface area contributed by atoms with Gasteiger partial charge in [-0.05, 0) is 23.6 Å².